The lowest BCUT2D eigenvalue weighted by Gasteiger charge is -2.36. The Morgan fingerprint density at radius 1 is 1.17 bits per heavy atom. The molecule has 1 aromatic heterocycles. The molecule has 224 valence electrons. The van der Waals surface area contributed by atoms with Gasteiger partial charge in [-0.1, -0.05) is 18.9 Å². The Labute approximate surface area is 246 Å². The molecule has 4 rings (SSSR count). The van der Waals surface area contributed by atoms with Crippen molar-refractivity contribution in [1.29, 1.82) is 0 Å². The van der Waals surface area contributed by atoms with E-state index in [-0.39, 0.29) is 29.6 Å². The summed E-state index contributed by atoms with van der Waals surface area (Å²) in [5.74, 6) is 6.14. The molecule has 7 nitrogen and oxygen atoms in total. The summed E-state index contributed by atoms with van der Waals surface area (Å²) in [5, 5.41) is 9.68. The fourth-order valence-electron chi connectivity index (χ4n) is 5.25. The molecule has 42 heavy (non-hydrogen) atoms. The van der Waals surface area contributed by atoms with Crippen LogP contribution in [0.4, 0.5) is 28.7 Å². The summed E-state index contributed by atoms with van der Waals surface area (Å²) in [7, 11) is 2.36. The van der Waals surface area contributed by atoms with Crippen LogP contribution < -0.4 is 20.7 Å². The molecule has 2 atom stereocenters. The van der Waals surface area contributed by atoms with Gasteiger partial charge in [-0.3, -0.25) is 4.79 Å². The van der Waals surface area contributed by atoms with Gasteiger partial charge in [-0.2, -0.15) is 13.2 Å². The molecule has 1 amide bonds. The van der Waals surface area contributed by atoms with E-state index in [0.29, 0.717) is 40.1 Å². The lowest BCUT2D eigenvalue weighted by molar-refractivity contribution is -0.140. The predicted molar refractivity (Wildman–Crippen MR) is 159 cm³/mol. The topological polar surface area (TPSA) is 70.6 Å². The second-order valence-corrected chi connectivity index (χ2v) is 11.1. The lowest BCUT2D eigenvalue weighted by Crippen LogP contribution is -2.41. The quantitative estimate of drug-likeness (QED) is 0.130. The van der Waals surface area contributed by atoms with Crippen LogP contribution in [0, 0.1) is 17.8 Å². The Balaban J connectivity index is 1.55. The predicted octanol–water partition coefficient (Wildman–Crippen LogP) is 5.17. The van der Waals surface area contributed by atoms with Gasteiger partial charge in [0.15, 0.2) is 0 Å². The molecule has 12 heteroatoms. The Hall–Kier alpha value is -3.69. The molecule has 3 N–H and O–H groups in total. The van der Waals surface area contributed by atoms with Gasteiger partial charge in [-0.15, -0.1) is 0 Å². The SMILES string of the molecule is CCN1CC[C@@H](CNc2cccc3c2cc(C#CCNc2ccc(C(=O)NC)cc2OC)n3CC(F)(F)F)C([Si]F)C1. The average molecular weight is 602 g/mol. The van der Waals surface area contributed by atoms with E-state index in [4.69, 9.17) is 4.74 Å². The number of piperidine rings is 1. The number of likely N-dealkylation sites (tertiary alicyclic amines) is 1. The van der Waals surface area contributed by atoms with Gasteiger partial charge in [-0.05, 0) is 73.3 Å². The number of fused-ring (bicyclic) bond motifs is 1. The smallest absolute Gasteiger partial charge is 0.406 e. The van der Waals surface area contributed by atoms with Crippen molar-refractivity contribution in [2.24, 2.45) is 5.92 Å². The summed E-state index contributed by atoms with van der Waals surface area (Å²) in [4.78, 5) is 14.2. The largest absolute Gasteiger partial charge is 0.495 e. The summed E-state index contributed by atoms with van der Waals surface area (Å²) < 4.78 is 61.1. The number of amides is 1. The van der Waals surface area contributed by atoms with Crippen LogP contribution in [-0.4, -0.2) is 78.3 Å². The number of methoxy groups -OCH3 is 1. The zero-order valence-electron chi connectivity index (χ0n) is 23.9. The van der Waals surface area contributed by atoms with Crippen molar-refractivity contribution in [2.75, 3.05) is 57.5 Å². The Morgan fingerprint density at radius 2 is 1.98 bits per heavy atom. The van der Waals surface area contributed by atoms with E-state index in [1.54, 1.807) is 36.4 Å². The highest BCUT2D eigenvalue weighted by Gasteiger charge is 2.31. The number of benzene rings is 2. The number of carbonyl (C=O) groups is 1. The summed E-state index contributed by atoms with van der Waals surface area (Å²) >= 11 is 0. The first-order valence-electron chi connectivity index (χ1n) is 13.8. The number of halogens is 4. The second kappa shape index (κ2) is 14.0. The molecular formula is C30H35F4N5O2Si. The highest BCUT2D eigenvalue weighted by Crippen LogP contribution is 2.33. The van der Waals surface area contributed by atoms with Crippen LogP contribution in [0.5, 0.6) is 5.75 Å². The Bertz CT molecular complexity index is 1450. The van der Waals surface area contributed by atoms with Gasteiger partial charge < -0.3 is 34.3 Å². The third-order valence-corrected chi connectivity index (χ3v) is 8.47. The number of aromatic nitrogens is 1. The number of hydrogen-bond donors (Lipinski definition) is 3. The Morgan fingerprint density at radius 3 is 2.67 bits per heavy atom. The van der Waals surface area contributed by atoms with E-state index < -0.39 is 22.6 Å². The fourth-order valence-corrected chi connectivity index (χ4v) is 6.04. The zero-order chi connectivity index (χ0) is 30.3. The number of nitrogens with zero attached hydrogens (tertiary/aromatic N) is 2. The van der Waals surface area contributed by atoms with Crippen molar-refractivity contribution in [2.45, 2.75) is 31.6 Å². The van der Waals surface area contributed by atoms with Crippen LogP contribution in [0.1, 0.15) is 29.4 Å². The van der Waals surface area contributed by atoms with E-state index in [0.717, 1.165) is 26.1 Å². The molecule has 1 unspecified atom stereocenters. The minimum atomic E-state index is -4.44. The molecule has 2 aromatic carbocycles. The number of carbonyl (C=O) groups excluding carboxylic acids is 1. The summed E-state index contributed by atoms with van der Waals surface area (Å²) in [6.07, 6.45) is -3.57. The maximum absolute atomic E-state index is 13.8. The molecule has 1 aliphatic heterocycles. The first kappa shape index (κ1) is 31.2. The van der Waals surface area contributed by atoms with Crippen molar-refractivity contribution in [1.82, 2.24) is 14.8 Å². The molecule has 0 saturated carbocycles. The molecule has 1 saturated heterocycles. The van der Waals surface area contributed by atoms with Crippen LogP contribution in [0.25, 0.3) is 10.9 Å². The highest BCUT2D eigenvalue weighted by atomic mass is 28.3. The summed E-state index contributed by atoms with van der Waals surface area (Å²) in [5.41, 5.74) is 2.34. The van der Waals surface area contributed by atoms with E-state index in [1.807, 2.05) is 6.07 Å². The summed E-state index contributed by atoms with van der Waals surface area (Å²) in [6.45, 7) is 4.11. The van der Waals surface area contributed by atoms with Gasteiger partial charge in [0, 0.05) is 36.8 Å². The van der Waals surface area contributed by atoms with Crippen LogP contribution in [0.3, 0.4) is 0 Å². The van der Waals surface area contributed by atoms with Crippen molar-refractivity contribution in [3.63, 3.8) is 0 Å². The van der Waals surface area contributed by atoms with Gasteiger partial charge in [0.1, 0.15) is 12.3 Å². The van der Waals surface area contributed by atoms with Gasteiger partial charge >= 0.3 is 6.18 Å². The van der Waals surface area contributed by atoms with E-state index in [9.17, 15) is 22.1 Å². The molecule has 1 fully saturated rings. The lowest BCUT2D eigenvalue weighted by atomic mass is 9.95. The molecular weight excluding hydrogens is 566 g/mol. The van der Waals surface area contributed by atoms with E-state index >= 15 is 0 Å². The molecule has 0 spiro atoms. The molecule has 1 aliphatic rings. The van der Waals surface area contributed by atoms with Crippen LogP contribution in [-0.2, 0) is 6.54 Å². The van der Waals surface area contributed by atoms with E-state index in [2.05, 4.69) is 39.6 Å². The summed E-state index contributed by atoms with van der Waals surface area (Å²) in [6, 6.07) is 11.8. The first-order chi connectivity index (χ1) is 20.2. The van der Waals surface area contributed by atoms with Crippen molar-refractivity contribution >= 4 is 38.0 Å². The van der Waals surface area contributed by atoms with Gasteiger partial charge in [0.2, 0.25) is 0 Å². The zero-order valence-corrected chi connectivity index (χ0v) is 24.9. The number of rotatable bonds is 10. The maximum atomic E-state index is 13.8. The van der Waals surface area contributed by atoms with Crippen molar-refractivity contribution < 1.29 is 26.8 Å². The van der Waals surface area contributed by atoms with Crippen LogP contribution in [0.2, 0.25) is 5.54 Å². The fraction of sp³-hybridized carbons (Fsp3) is 0.433. The maximum Gasteiger partial charge on any atom is 0.406 e. The average Bonchev–Trinajstić information content (AvgIpc) is 3.33. The monoisotopic (exact) mass is 601 g/mol. The molecule has 2 heterocycles. The first-order valence-corrected chi connectivity index (χ1v) is 14.8. The highest BCUT2D eigenvalue weighted by molar-refractivity contribution is 6.28. The van der Waals surface area contributed by atoms with Gasteiger partial charge in [0.05, 0.1) is 30.6 Å². The third-order valence-electron chi connectivity index (χ3n) is 7.54. The van der Waals surface area contributed by atoms with Gasteiger partial charge in [0.25, 0.3) is 15.8 Å². The molecule has 0 bridgehead atoms. The van der Waals surface area contributed by atoms with Crippen molar-refractivity contribution in [3.8, 4) is 17.6 Å². The second-order valence-electron chi connectivity index (χ2n) is 10.2. The van der Waals surface area contributed by atoms with E-state index in [1.165, 1.54) is 18.7 Å². The minimum absolute atomic E-state index is 0.0483. The van der Waals surface area contributed by atoms with Crippen LogP contribution in [0.15, 0.2) is 42.5 Å². The van der Waals surface area contributed by atoms with Crippen molar-refractivity contribution in [3.05, 3.63) is 53.7 Å². The van der Waals surface area contributed by atoms with Gasteiger partial charge in [-0.25, -0.2) is 0 Å². The molecule has 3 aromatic rings. The Kier molecular flexibility index (Phi) is 10.4. The number of nitrogens with one attached hydrogen (secondary N) is 3. The van der Waals surface area contributed by atoms with Crippen LogP contribution >= 0.6 is 0 Å². The molecule has 0 aliphatic carbocycles. The third kappa shape index (κ3) is 7.57. The number of hydrogen-bond acceptors (Lipinski definition) is 5. The molecule has 2 radical (unpaired) electrons. The number of ether oxygens (including phenoxy) is 1. The minimum Gasteiger partial charge on any atom is -0.495 e. The standard InChI is InChI=1S/C30H35F4N5O2Si/c1-4-38-14-12-21(28(18-38)42-34)17-37-24-8-5-9-26-23(24)16-22(39(26)19-30(31,32)33)7-6-13-36-25-11-10-20(29(40)35-2)15-27(25)41-3/h5,8-11,15-16,21,28,36-37H,4,12-14,17-19H2,1-3H3,(H,35,40)/t21-,28?/m0/s1. The normalized spacial score (nSPS) is 17.4. The number of alkyl halides is 3. The number of anilines is 2.